The van der Waals surface area contributed by atoms with E-state index in [9.17, 15) is 10.1 Å². The Kier molecular flexibility index (Phi) is 6.34. The summed E-state index contributed by atoms with van der Waals surface area (Å²) in [7, 11) is 0. The Morgan fingerprint density at radius 2 is 1.74 bits per heavy atom. The molecule has 0 radical (unpaired) electrons. The number of anilines is 1. The van der Waals surface area contributed by atoms with Gasteiger partial charge in [0, 0.05) is 33.4 Å². The minimum absolute atomic E-state index is 0.0849. The number of quaternary nitrogens is 1. The van der Waals surface area contributed by atoms with Crippen molar-refractivity contribution in [3.63, 3.8) is 0 Å². The molecule has 0 aliphatic rings. The number of nitrogens with two attached hydrogens (primary N) is 1. The van der Waals surface area contributed by atoms with Crippen LogP contribution in [0, 0.1) is 10.1 Å². The number of nitrogens with one attached hydrogen (secondary N) is 1. The highest BCUT2D eigenvalue weighted by molar-refractivity contribution is 6.35. The number of hydrogen-bond donors (Lipinski definition) is 2. The largest absolute Gasteiger partial charge is 0.455 e. The Labute approximate surface area is 166 Å². The number of nitro benzene ring substituents is 1. The molecule has 0 bridgehead atoms. The molecule has 8 heteroatoms. The van der Waals surface area contributed by atoms with Crippen LogP contribution < -0.4 is 10.6 Å². The Balaban J connectivity index is 1.44. The number of halogens is 2. The average Bonchev–Trinajstić information content (AvgIpc) is 3.10. The number of non-ortho nitro benzene ring substituents is 1. The summed E-state index contributed by atoms with van der Waals surface area (Å²) in [6.45, 7) is 2.27. The van der Waals surface area contributed by atoms with Crippen LogP contribution in [0.4, 0.5) is 11.4 Å². The molecule has 1 heterocycles. The zero-order valence-corrected chi connectivity index (χ0v) is 15.8. The number of benzene rings is 2. The van der Waals surface area contributed by atoms with Gasteiger partial charge in [-0.2, -0.15) is 0 Å². The molecule has 0 aliphatic heterocycles. The molecule has 3 rings (SSSR count). The fraction of sp³-hybridized carbons (Fsp3) is 0.158. The molecule has 0 amide bonds. The van der Waals surface area contributed by atoms with Gasteiger partial charge >= 0.3 is 0 Å². The maximum absolute atomic E-state index is 10.6. The smallest absolute Gasteiger partial charge is 0.269 e. The Morgan fingerprint density at radius 1 is 1.04 bits per heavy atom. The summed E-state index contributed by atoms with van der Waals surface area (Å²) in [5, 5.41) is 17.1. The Morgan fingerprint density at radius 3 is 2.41 bits per heavy atom. The minimum Gasteiger partial charge on any atom is -0.455 e. The zero-order valence-electron chi connectivity index (χ0n) is 14.3. The topological polar surface area (TPSA) is 84.9 Å². The van der Waals surface area contributed by atoms with Crippen LogP contribution >= 0.6 is 23.2 Å². The quantitative estimate of drug-likeness (QED) is 0.331. The lowest BCUT2D eigenvalue weighted by molar-refractivity contribution is -0.669. The molecule has 6 nitrogen and oxygen atoms in total. The first-order chi connectivity index (χ1) is 13.0. The second-order valence-corrected chi connectivity index (χ2v) is 6.81. The lowest BCUT2D eigenvalue weighted by Crippen LogP contribution is -2.83. The third-order valence-corrected chi connectivity index (χ3v) is 4.35. The van der Waals surface area contributed by atoms with Gasteiger partial charge in [-0.3, -0.25) is 10.1 Å². The summed E-state index contributed by atoms with van der Waals surface area (Å²) < 4.78 is 5.85. The van der Waals surface area contributed by atoms with Crippen molar-refractivity contribution < 1.29 is 14.7 Å². The molecule has 0 atom stereocenters. The van der Waals surface area contributed by atoms with Crippen LogP contribution in [-0.2, 0) is 6.54 Å². The number of hydrogen-bond acceptors (Lipinski definition) is 4. The molecule has 0 saturated heterocycles. The van der Waals surface area contributed by atoms with E-state index in [2.05, 4.69) is 10.6 Å². The van der Waals surface area contributed by atoms with Gasteiger partial charge in [-0.25, -0.2) is 0 Å². The van der Waals surface area contributed by atoms with E-state index in [1.807, 2.05) is 24.3 Å². The van der Waals surface area contributed by atoms with Crippen molar-refractivity contribution in [2.24, 2.45) is 0 Å². The monoisotopic (exact) mass is 406 g/mol. The molecule has 27 heavy (non-hydrogen) atoms. The van der Waals surface area contributed by atoms with Crippen LogP contribution in [0.1, 0.15) is 5.76 Å². The Bertz CT molecular complexity index is 906. The molecule has 0 saturated carbocycles. The highest BCUT2D eigenvalue weighted by Crippen LogP contribution is 2.28. The van der Waals surface area contributed by atoms with Gasteiger partial charge in [-0.05, 0) is 42.5 Å². The summed E-state index contributed by atoms with van der Waals surface area (Å²) in [4.78, 5) is 10.2. The molecule has 0 fully saturated rings. The van der Waals surface area contributed by atoms with Crippen molar-refractivity contribution in [3.05, 3.63) is 80.5 Å². The summed E-state index contributed by atoms with van der Waals surface area (Å²) in [5.74, 6) is 1.59. The summed E-state index contributed by atoms with van der Waals surface area (Å²) in [6.07, 6.45) is 0. The predicted octanol–water partition coefficient (Wildman–Crippen LogP) is 4.34. The number of furan rings is 1. The number of nitro groups is 1. The van der Waals surface area contributed by atoms with E-state index < -0.39 is 4.92 Å². The second kappa shape index (κ2) is 8.90. The van der Waals surface area contributed by atoms with E-state index in [0.29, 0.717) is 16.6 Å². The lowest BCUT2D eigenvalue weighted by atomic mass is 10.2. The second-order valence-electron chi connectivity index (χ2n) is 5.94. The van der Waals surface area contributed by atoms with Crippen LogP contribution in [0.2, 0.25) is 10.0 Å². The third kappa shape index (κ3) is 5.47. The van der Waals surface area contributed by atoms with Crippen LogP contribution in [0.3, 0.4) is 0 Å². The molecule has 2 aromatic carbocycles. The summed E-state index contributed by atoms with van der Waals surface area (Å²) in [5.41, 5.74) is 1.78. The number of rotatable bonds is 8. The standard InChI is InChI=1S/C19H17Cl2N3O3/c20-14-9-13(10-15(21)11-14)19-6-5-18(27-19)12-22-7-8-23-16-1-3-17(4-2-16)24(25)26/h1-6,9-11,22-23H,7-8,12H2/p+1. The van der Waals surface area contributed by atoms with Gasteiger partial charge in [0.25, 0.3) is 5.69 Å². The summed E-state index contributed by atoms with van der Waals surface area (Å²) in [6, 6.07) is 15.5. The average molecular weight is 407 g/mol. The molecule has 0 spiro atoms. The first-order valence-electron chi connectivity index (χ1n) is 8.36. The van der Waals surface area contributed by atoms with E-state index in [1.54, 1.807) is 18.2 Å². The van der Waals surface area contributed by atoms with Gasteiger partial charge in [0.15, 0.2) is 5.76 Å². The van der Waals surface area contributed by atoms with Gasteiger partial charge in [0.05, 0.1) is 18.0 Å². The van der Waals surface area contributed by atoms with Gasteiger partial charge in [0.2, 0.25) is 0 Å². The fourth-order valence-corrected chi connectivity index (χ4v) is 3.13. The fourth-order valence-electron chi connectivity index (χ4n) is 2.60. The zero-order chi connectivity index (χ0) is 19.2. The molecular weight excluding hydrogens is 389 g/mol. The van der Waals surface area contributed by atoms with E-state index in [0.717, 1.165) is 35.9 Å². The lowest BCUT2D eigenvalue weighted by Gasteiger charge is -2.05. The minimum atomic E-state index is -0.410. The van der Waals surface area contributed by atoms with E-state index in [1.165, 1.54) is 12.1 Å². The van der Waals surface area contributed by atoms with Gasteiger partial charge < -0.3 is 15.1 Å². The molecule has 1 aromatic heterocycles. The van der Waals surface area contributed by atoms with Crippen molar-refractivity contribution in [1.82, 2.24) is 0 Å². The molecule has 3 aromatic rings. The SMILES string of the molecule is O=[N+]([O-])c1ccc(NCC[NH2+]Cc2ccc(-c3cc(Cl)cc(Cl)c3)o2)cc1. The highest BCUT2D eigenvalue weighted by Gasteiger charge is 2.08. The predicted molar refractivity (Wildman–Crippen MR) is 106 cm³/mol. The van der Waals surface area contributed by atoms with Gasteiger partial charge in [-0.1, -0.05) is 23.2 Å². The van der Waals surface area contributed by atoms with Crippen LogP contribution in [0.5, 0.6) is 0 Å². The number of nitrogens with zero attached hydrogens (tertiary/aromatic N) is 1. The van der Waals surface area contributed by atoms with Crippen molar-refractivity contribution in [2.45, 2.75) is 6.54 Å². The molecule has 140 valence electrons. The van der Waals surface area contributed by atoms with Crippen LogP contribution in [0.15, 0.2) is 59.0 Å². The first-order valence-corrected chi connectivity index (χ1v) is 9.12. The Hall–Kier alpha value is -2.54. The highest BCUT2D eigenvalue weighted by atomic mass is 35.5. The maximum atomic E-state index is 10.6. The van der Waals surface area contributed by atoms with Gasteiger partial charge in [0.1, 0.15) is 12.3 Å². The molecule has 0 aliphatic carbocycles. The normalized spacial score (nSPS) is 10.7. The van der Waals surface area contributed by atoms with Crippen LogP contribution in [0.25, 0.3) is 11.3 Å². The third-order valence-electron chi connectivity index (χ3n) is 3.91. The van der Waals surface area contributed by atoms with E-state index in [-0.39, 0.29) is 5.69 Å². The van der Waals surface area contributed by atoms with Crippen molar-refractivity contribution >= 4 is 34.6 Å². The van der Waals surface area contributed by atoms with Crippen molar-refractivity contribution in [1.29, 1.82) is 0 Å². The van der Waals surface area contributed by atoms with Crippen molar-refractivity contribution in [2.75, 3.05) is 18.4 Å². The first kappa shape index (κ1) is 19.2. The van der Waals surface area contributed by atoms with Crippen molar-refractivity contribution in [3.8, 4) is 11.3 Å². The van der Waals surface area contributed by atoms with Crippen LogP contribution in [-0.4, -0.2) is 18.0 Å². The van der Waals surface area contributed by atoms with Gasteiger partial charge in [-0.15, -0.1) is 0 Å². The summed E-state index contributed by atoms with van der Waals surface area (Å²) >= 11 is 12.1. The molecule has 3 N–H and O–H groups in total. The molecule has 0 unspecified atom stereocenters. The van der Waals surface area contributed by atoms with E-state index >= 15 is 0 Å². The molecular formula is C19H18Cl2N3O3+. The maximum Gasteiger partial charge on any atom is 0.269 e. The van der Waals surface area contributed by atoms with E-state index in [4.69, 9.17) is 27.6 Å².